The smallest absolute Gasteiger partial charge is 0.252 e. The van der Waals surface area contributed by atoms with Crippen LogP contribution in [0, 0.1) is 16.7 Å². The minimum Gasteiger partial charge on any atom is -0.454 e. The van der Waals surface area contributed by atoms with Crippen LogP contribution < -0.4 is 9.47 Å². The van der Waals surface area contributed by atoms with Crippen molar-refractivity contribution in [2.45, 2.75) is 37.4 Å². The molecule has 5 rings (SSSR count). The Morgan fingerprint density at radius 2 is 1.92 bits per heavy atom. The number of piperazine rings is 1. The Labute approximate surface area is 144 Å². The van der Waals surface area contributed by atoms with Crippen LogP contribution in [0.4, 0.5) is 0 Å². The Balaban J connectivity index is 1.66. The van der Waals surface area contributed by atoms with E-state index in [0.717, 1.165) is 5.56 Å². The highest BCUT2D eigenvalue weighted by atomic mass is 16.7. The quantitative estimate of drug-likeness (QED) is 0.718. The molecule has 0 saturated carbocycles. The van der Waals surface area contributed by atoms with Crippen molar-refractivity contribution in [2.24, 2.45) is 5.41 Å². The van der Waals surface area contributed by atoms with Crippen molar-refractivity contribution in [3.8, 4) is 17.6 Å². The van der Waals surface area contributed by atoms with Gasteiger partial charge in [-0.25, -0.2) is 0 Å². The number of likely N-dealkylation sites (N-methyl/N-ethyl adjacent to an activating group) is 1. The van der Waals surface area contributed by atoms with Crippen LogP contribution >= 0.6 is 0 Å². The minimum atomic E-state index is -0.898. The van der Waals surface area contributed by atoms with Crippen LogP contribution in [0.2, 0.25) is 0 Å². The maximum absolute atomic E-state index is 13.0. The second-order valence-corrected chi connectivity index (χ2v) is 7.69. The summed E-state index contributed by atoms with van der Waals surface area (Å²) in [5, 5.41) is 9.89. The summed E-state index contributed by atoms with van der Waals surface area (Å²) < 4.78 is 10.8. The van der Waals surface area contributed by atoms with Gasteiger partial charge in [0.05, 0.1) is 17.5 Å². The molecule has 3 fully saturated rings. The number of β-lactam (4-membered cyclic amide) rings is 2. The lowest BCUT2D eigenvalue weighted by Crippen LogP contribution is -2.96. The van der Waals surface area contributed by atoms with E-state index in [-0.39, 0.29) is 18.6 Å². The molecule has 0 bridgehead atoms. The summed E-state index contributed by atoms with van der Waals surface area (Å²) in [7, 11) is 1.65. The van der Waals surface area contributed by atoms with Crippen LogP contribution in [-0.2, 0) is 9.59 Å². The summed E-state index contributed by atoms with van der Waals surface area (Å²) in [5.41, 5.74) is -1.79. The van der Waals surface area contributed by atoms with E-state index in [0.29, 0.717) is 17.9 Å². The van der Waals surface area contributed by atoms with Crippen LogP contribution in [0.5, 0.6) is 11.5 Å². The molecule has 7 nitrogen and oxygen atoms in total. The number of fused-ring (bicyclic) bond motifs is 1. The van der Waals surface area contributed by atoms with Crippen molar-refractivity contribution in [3.05, 3.63) is 23.8 Å². The van der Waals surface area contributed by atoms with Gasteiger partial charge in [-0.3, -0.25) is 9.59 Å². The summed E-state index contributed by atoms with van der Waals surface area (Å²) in [4.78, 5) is 28.8. The molecule has 0 aliphatic carbocycles. The standard InChI is InChI=1S/C18H17N3O4/c1-16(8-19)7-18-15(23)20(3)17(18,2)14(22)21(18)13(16)10-4-5-11-12(6-10)25-9-24-11/h4-6,13H,7,9H2,1-3H3/t13-,16-,17+,18-/m0/s1. The Bertz CT molecular complexity index is 908. The molecule has 4 aliphatic heterocycles. The first-order valence-electron chi connectivity index (χ1n) is 8.24. The van der Waals surface area contributed by atoms with Gasteiger partial charge in [-0.15, -0.1) is 0 Å². The van der Waals surface area contributed by atoms with E-state index in [2.05, 4.69) is 6.07 Å². The van der Waals surface area contributed by atoms with E-state index in [9.17, 15) is 14.9 Å². The zero-order valence-corrected chi connectivity index (χ0v) is 14.2. The zero-order valence-electron chi connectivity index (χ0n) is 14.2. The van der Waals surface area contributed by atoms with Crippen LogP contribution in [-0.4, -0.2) is 46.5 Å². The van der Waals surface area contributed by atoms with E-state index < -0.39 is 22.5 Å². The molecule has 4 heterocycles. The number of carbonyl (C=O) groups excluding carboxylic acids is 2. The Hall–Kier alpha value is -2.75. The summed E-state index contributed by atoms with van der Waals surface area (Å²) >= 11 is 0. The third-order valence-electron chi connectivity index (χ3n) is 6.63. The molecular weight excluding hydrogens is 322 g/mol. The molecule has 0 unspecified atom stereocenters. The molecule has 1 spiro atoms. The number of rotatable bonds is 1. The predicted molar refractivity (Wildman–Crippen MR) is 84.4 cm³/mol. The molecule has 3 saturated heterocycles. The molecule has 4 atom stereocenters. The SMILES string of the molecule is CN1C(=O)[C@]23C[C@@](C)(C#N)[C@H](c4ccc5c(c4)OCO5)N2C(=O)[C@@]13C. The van der Waals surface area contributed by atoms with Gasteiger partial charge in [0.25, 0.3) is 11.8 Å². The van der Waals surface area contributed by atoms with Crippen LogP contribution in [0.25, 0.3) is 0 Å². The van der Waals surface area contributed by atoms with E-state index in [1.807, 2.05) is 19.1 Å². The lowest BCUT2D eigenvalue weighted by Gasteiger charge is -2.71. The lowest BCUT2D eigenvalue weighted by molar-refractivity contribution is -0.231. The Morgan fingerprint density at radius 3 is 2.64 bits per heavy atom. The fourth-order valence-electron chi connectivity index (χ4n) is 5.21. The summed E-state index contributed by atoms with van der Waals surface area (Å²) in [6, 6.07) is 7.35. The average molecular weight is 339 g/mol. The van der Waals surface area contributed by atoms with Gasteiger partial charge < -0.3 is 19.3 Å². The molecule has 4 aliphatic rings. The topological polar surface area (TPSA) is 82.9 Å². The summed E-state index contributed by atoms with van der Waals surface area (Å²) in [5.74, 6) is 1.07. The number of nitrogens with zero attached hydrogens (tertiary/aromatic N) is 3. The van der Waals surface area contributed by atoms with Gasteiger partial charge >= 0.3 is 0 Å². The fourth-order valence-corrected chi connectivity index (χ4v) is 5.21. The zero-order chi connectivity index (χ0) is 17.8. The summed E-state index contributed by atoms with van der Waals surface area (Å²) in [6.07, 6.45) is 0.348. The van der Waals surface area contributed by atoms with Crippen molar-refractivity contribution in [1.82, 2.24) is 9.80 Å². The second-order valence-electron chi connectivity index (χ2n) is 7.69. The maximum atomic E-state index is 13.0. The number of hydrogen-bond acceptors (Lipinski definition) is 5. The lowest BCUT2D eigenvalue weighted by atomic mass is 9.57. The van der Waals surface area contributed by atoms with Crippen molar-refractivity contribution in [1.29, 1.82) is 5.26 Å². The number of carbonyl (C=O) groups is 2. The van der Waals surface area contributed by atoms with E-state index in [4.69, 9.17) is 9.47 Å². The number of amides is 2. The van der Waals surface area contributed by atoms with Crippen LogP contribution in [0.3, 0.4) is 0 Å². The average Bonchev–Trinajstić information content (AvgIpc) is 3.19. The van der Waals surface area contributed by atoms with Crippen molar-refractivity contribution in [2.75, 3.05) is 13.8 Å². The molecule has 25 heavy (non-hydrogen) atoms. The highest BCUT2D eigenvalue weighted by molar-refractivity contribution is 6.18. The fraction of sp³-hybridized carbons (Fsp3) is 0.500. The van der Waals surface area contributed by atoms with Gasteiger partial charge in [0.1, 0.15) is 0 Å². The normalized spacial score (nSPS) is 40.2. The highest BCUT2D eigenvalue weighted by Gasteiger charge is 2.89. The van der Waals surface area contributed by atoms with Crippen LogP contribution in [0.1, 0.15) is 31.9 Å². The molecule has 1 aromatic rings. The van der Waals surface area contributed by atoms with Crippen molar-refractivity contribution in [3.63, 3.8) is 0 Å². The van der Waals surface area contributed by atoms with Crippen LogP contribution in [0.15, 0.2) is 18.2 Å². The largest absolute Gasteiger partial charge is 0.454 e. The molecule has 7 heteroatoms. The Kier molecular flexibility index (Phi) is 2.28. The summed E-state index contributed by atoms with van der Waals surface area (Å²) in [6.45, 7) is 3.79. The number of likely N-dealkylation sites (tertiary alicyclic amines) is 1. The van der Waals surface area contributed by atoms with Gasteiger partial charge in [-0.05, 0) is 31.5 Å². The first kappa shape index (κ1) is 14.6. The number of benzene rings is 1. The van der Waals surface area contributed by atoms with Gasteiger partial charge in [0.2, 0.25) is 6.79 Å². The van der Waals surface area contributed by atoms with Gasteiger partial charge in [-0.2, -0.15) is 5.26 Å². The molecule has 0 radical (unpaired) electrons. The predicted octanol–water partition coefficient (Wildman–Crippen LogP) is 1.20. The number of nitriles is 1. The van der Waals surface area contributed by atoms with Gasteiger partial charge in [-0.1, -0.05) is 6.07 Å². The monoisotopic (exact) mass is 339 g/mol. The number of hydrogen-bond donors (Lipinski definition) is 0. The first-order valence-corrected chi connectivity index (χ1v) is 8.24. The molecule has 0 aromatic heterocycles. The maximum Gasteiger partial charge on any atom is 0.252 e. The number of ether oxygens (including phenoxy) is 2. The third-order valence-corrected chi connectivity index (χ3v) is 6.63. The molecule has 2 amide bonds. The van der Waals surface area contributed by atoms with Gasteiger partial charge in [0.15, 0.2) is 22.6 Å². The second kappa shape index (κ2) is 3.90. The molecule has 0 N–H and O–H groups in total. The Morgan fingerprint density at radius 1 is 1.20 bits per heavy atom. The third kappa shape index (κ3) is 1.22. The molecular formula is C18H17N3O4. The first-order chi connectivity index (χ1) is 11.8. The van der Waals surface area contributed by atoms with Crippen molar-refractivity contribution >= 4 is 11.8 Å². The molecule has 128 valence electrons. The van der Waals surface area contributed by atoms with E-state index in [1.54, 1.807) is 24.9 Å². The van der Waals surface area contributed by atoms with Gasteiger partial charge in [0, 0.05) is 13.5 Å². The minimum absolute atomic E-state index is 0.0840. The van der Waals surface area contributed by atoms with E-state index >= 15 is 0 Å². The van der Waals surface area contributed by atoms with Crippen molar-refractivity contribution < 1.29 is 19.1 Å². The van der Waals surface area contributed by atoms with E-state index in [1.165, 1.54) is 4.90 Å². The highest BCUT2D eigenvalue weighted by Crippen LogP contribution is 2.69. The molecule has 1 aromatic carbocycles.